The number of hydrogen-bond acceptors (Lipinski definition) is 2. The van der Waals surface area contributed by atoms with Crippen molar-refractivity contribution in [2.45, 2.75) is 6.61 Å². The predicted octanol–water partition coefficient (Wildman–Crippen LogP) is 2.76. The van der Waals surface area contributed by atoms with Gasteiger partial charge in [0.1, 0.15) is 11.5 Å². The molecule has 0 heterocycles. The lowest BCUT2D eigenvalue weighted by Gasteiger charge is -2.04. The Hall–Kier alpha value is -0.840. The van der Waals surface area contributed by atoms with Crippen LogP contribution in [-0.4, -0.2) is 11.7 Å². The first-order valence-corrected chi connectivity index (χ1v) is 3.82. The molecule has 5 heteroatoms. The van der Waals surface area contributed by atoms with E-state index in [0.29, 0.717) is 4.47 Å². The molecular formula is C7H5BrF2O2. The molecule has 0 fully saturated rings. The summed E-state index contributed by atoms with van der Waals surface area (Å²) >= 11 is 2.96. The van der Waals surface area contributed by atoms with Crippen LogP contribution in [0, 0.1) is 0 Å². The number of halogens is 3. The minimum Gasteiger partial charge on any atom is -0.507 e. The lowest BCUT2D eigenvalue weighted by Crippen LogP contribution is -2.01. The summed E-state index contributed by atoms with van der Waals surface area (Å²) in [5, 5.41) is 8.99. The van der Waals surface area contributed by atoms with Crippen molar-refractivity contribution in [2.24, 2.45) is 0 Å². The van der Waals surface area contributed by atoms with Gasteiger partial charge in [0.25, 0.3) is 0 Å². The Labute approximate surface area is 75.9 Å². The van der Waals surface area contributed by atoms with Gasteiger partial charge in [-0.2, -0.15) is 8.78 Å². The van der Waals surface area contributed by atoms with Gasteiger partial charge in [-0.1, -0.05) is 0 Å². The van der Waals surface area contributed by atoms with Crippen molar-refractivity contribution >= 4 is 15.9 Å². The quantitative estimate of drug-likeness (QED) is 0.859. The fraction of sp³-hybridized carbons (Fsp3) is 0.143. The molecule has 0 saturated heterocycles. The number of ether oxygens (including phenoxy) is 1. The molecule has 0 saturated carbocycles. The molecule has 12 heavy (non-hydrogen) atoms. The highest BCUT2D eigenvalue weighted by molar-refractivity contribution is 9.10. The molecule has 0 radical (unpaired) electrons. The second kappa shape index (κ2) is 3.71. The van der Waals surface area contributed by atoms with Gasteiger partial charge in [-0.15, -0.1) is 0 Å². The molecular weight excluding hydrogens is 234 g/mol. The average Bonchev–Trinajstić information content (AvgIpc) is 1.96. The SMILES string of the molecule is Oc1ccc(OC(F)F)cc1Br. The van der Waals surface area contributed by atoms with E-state index in [1.807, 2.05) is 0 Å². The molecule has 0 unspecified atom stereocenters. The van der Waals surface area contributed by atoms with Crippen LogP contribution >= 0.6 is 15.9 Å². The zero-order valence-corrected chi connectivity index (χ0v) is 7.38. The van der Waals surface area contributed by atoms with E-state index < -0.39 is 6.61 Å². The third-order valence-electron chi connectivity index (χ3n) is 1.14. The van der Waals surface area contributed by atoms with Crippen molar-refractivity contribution in [1.82, 2.24) is 0 Å². The van der Waals surface area contributed by atoms with Gasteiger partial charge in [-0.3, -0.25) is 0 Å². The highest BCUT2D eigenvalue weighted by atomic mass is 79.9. The van der Waals surface area contributed by atoms with E-state index in [2.05, 4.69) is 20.7 Å². The molecule has 0 atom stereocenters. The van der Waals surface area contributed by atoms with Crippen LogP contribution in [0.2, 0.25) is 0 Å². The summed E-state index contributed by atoms with van der Waals surface area (Å²) in [6.07, 6.45) is 0. The number of rotatable bonds is 2. The molecule has 0 aliphatic carbocycles. The molecule has 0 spiro atoms. The second-order valence-electron chi connectivity index (χ2n) is 1.99. The molecule has 0 bridgehead atoms. The van der Waals surface area contributed by atoms with Gasteiger partial charge < -0.3 is 9.84 Å². The fourth-order valence-electron chi connectivity index (χ4n) is 0.664. The number of aromatic hydroxyl groups is 1. The number of benzene rings is 1. The maximum atomic E-state index is 11.7. The lowest BCUT2D eigenvalue weighted by molar-refractivity contribution is -0.0499. The van der Waals surface area contributed by atoms with Gasteiger partial charge in [-0.25, -0.2) is 0 Å². The third kappa shape index (κ3) is 2.34. The monoisotopic (exact) mass is 238 g/mol. The topological polar surface area (TPSA) is 29.5 Å². The molecule has 0 amide bonds. The Balaban J connectivity index is 2.82. The van der Waals surface area contributed by atoms with Gasteiger partial charge in [0.2, 0.25) is 0 Å². The molecule has 1 N–H and O–H groups in total. The molecule has 1 aromatic rings. The van der Waals surface area contributed by atoms with Crippen LogP contribution < -0.4 is 4.74 Å². The maximum Gasteiger partial charge on any atom is 0.387 e. The van der Waals surface area contributed by atoms with E-state index in [1.165, 1.54) is 18.2 Å². The Morgan fingerprint density at radius 2 is 2.08 bits per heavy atom. The van der Waals surface area contributed by atoms with Gasteiger partial charge >= 0.3 is 6.61 Å². The van der Waals surface area contributed by atoms with Gasteiger partial charge in [0, 0.05) is 0 Å². The molecule has 2 nitrogen and oxygen atoms in total. The number of phenolic OH excluding ortho intramolecular Hbond substituents is 1. The molecule has 0 aliphatic rings. The lowest BCUT2D eigenvalue weighted by atomic mass is 10.3. The van der Waals surface area contributed by atoms with Crippen LogP contribution in [0.4, 0.5) is 8.78 Å². The number of alkyl halides is 2. The van der Waals surface area contributed by atoms with Crippen LogP contribution in [0.1, 0.15) is 0 Å². The summed E-state index contributed by atoms with van der Waals surface area (Å²) in [5.74, 6) is -0.00806. The third-order valence-corrected chi connectivity index (χ3v) is 1.78. The fourth-order valence-corrected chi connectivity index (χ4v) is 1.02. The van der Waals surface area contributed by atoms with Crippen LogP contribution in [-0.2, 0) is 0 Å². The van der Waals surface area contributed by atoms with E-state index in [0.717, 1.165) is 0 Å². The van der Waals surface area contributed by atoms with E-state index in [1.54, 1.807) is 0 Å². The number of hydrogen-bond donors (Lipinski definition) is 1. The van der Waals surface area contributed by atoms with Crippen molar-refractivity contribution in [3.05, 3.63) is 22.7 Å². The predicted molar refractivity (Wildman–Crippen MR) is 42.4 cm³/mol. The summed E-state index contributed by atoms with van der Waals surface area (Å²) in [6, 6.07) is 3.79. The maximum absolute atomic E-state index is 11.7. The Kier molecular flexibility index (Phi) is 2.86. The number of phenols is 1. The standard InChI is InChI=1S/C7H5BrF2O2/c8-5-3-4(12-7(9)10)1-2-6(5)11/h1-3,7,11H. The second-order valence-corrected chi connectivity index (χ2v) is 2.85. The van der Waals surface area contributed by atoms with Crippen molar-refractivity contribution in [1.29, 1.82) is 0 Å². The molecule has 1 rings (SSSR count). The van der Waals surface area contributed by atoms with Crippen molar-refractivity contribution in [2.75, 3.05) is 0 Å². The van der Waals surface area contributed by atoms with E-state index in [-0.39, 0.29) is 11.5 Å². The summed E-state index contributed by atoms with van der Waals surface area (Å²) in [4.78, 5) is 0. The van der Waals surface area contributed by atoms with E-state index in [4.69, 9.17) is 5.11 Å². The highest BCUT2D eigenvalue weighted by Crippen LogP contribution is 2.28. The Morgan fingerprint density at radius 3 is 2.58 bits per heavy atom. The molecule has 0 aliphatic heterocycles. The zero-order valence-electron chi connectivity index (χ0n) is 5.80. The summed E-state index contributed by atoms with van der Waals surface area (Å²) in [7, 11) is 0. The zero-order chi connectivity index (χ0) is 9.14. The average molecular weight is 239 g/mol. The van der Waals surface area contributed by atoms with Crippen LogP contribution in [0.5, 0.6) is 11.5 Å². The Morgan fingerprint density at radius 1 is 1.42 bits per heavy atom. The highest BCUT2D eigenvalue weighted by Gasteiger charge is 2.05. The van der Waals surface area contributed by atoms with Gasteiger partial charge in [-0.05, 0) is 34.1 Å². The first kappa shape index (κ1) is 9.25. The smallest absolute Gasteiger partial charge is 0.387 e. The van der Waals surface area contributed by atoms with Crippen LogP contribution in [0.15, 0.2) is 22.7 Å². The van der Waals surface area contributed by atoms with E-state index >= 15 is 0 Å². The summed E-state index contributed by atoms with van der Waals surface area (Å²) in [5.41, 5.74) is 0. The van der Waals surface area contributed by atoms with E-state index in [9.17, 15) is 8.78 Å². The van der Waals surface area contributed by atoms with Crippen molar-refractivity contribution in [3.8, 4) is 11.5 Å². The van der Waals surface area contributed by atoms with Gasteiger partial charge in [0.05, 0.1) is 4.47 Å². The van der Waals surface area contributed by atoms with Crippen molar-refractivity contribution < 1.29 is 18.6 Å². The van der Waals surface area contributed by atoms with Crippen molar-refractivity contribution in [3.63, 3.8) is 0 Å². The summed E-state index contributed by atoms with van der Waals surface area (Å²) < 4.78 is 27.7. The first-order valence-electron chi connectivity index (χ1n) is 3.03. The molecule has 1 aromatic carbocycles. The molecule has 0 aromatic heterocycles. The largest absolute Gasteiger partial charge is 0.507 e. The summed E-state index contributed by atoms with van der Waals surface area (Å²) in [6.45, 7) is -2.85. The van der Waals surface area contributed by atoms with Crippen LogP contribution in [0.25, 0.3) is 0 Å². The van der Waals surface area contributed by atoms with Gasteiger partial charge in [0.15, 0.2) is 0 Å². The Bertz CT molecular complexity index is 278. The normalized spacial score (nSPS) is 10.3. The first-order chi connectivity index (χ1) is 5.59. The minimum atomic E-state index is -2.85. The minimum absolute atomic E-state index is 0.00896. The molecule has 66 valence electrons. The van der Waals surface area contributed by atoms with Crippen LogP contribution in [0.3, 0.4) is 0 Å².